The third kappa shape index (κ3) is 3.09. The first-order chi connectivity index (χ1) is 9.40. The lowest BCUT2D eigenvalue weighted by molar-refractivity contribution is -0.274. The van der Waals surface area contributed by atoms with Crippen LogP contribution in [0.2, 0.25) is 0 Å². The zero-order valence-corrected chi connectivity index (χ0v) is 10.5. The molecule has 0 fully saturated rings. The fourth-order valence-corrected chi connectivity index (χ4v) is 1.88. The van der Waals surface area contributed by atoms with Crippen LogP contribution in [-0.2, 0) is 0 Å². The van der Waals surface area contributed by atoms with Gasteiger partial charge in [-0.25, -0.2) is 0 Å². The van der Waals surface area contributed by atoms with Crippen LogP contribution >= 0.6 is 0 Å². The van der Waals surface area contributed by atoms with Crippen LogP contribution in [0.1, 0.15) is 11.1 Å². The summed E-state index contributed by atoms with van der Waals surface area (Å²) in [6.07, 6.45) is -4.77. The Kier molecular flexibility index (Phi) is 3.66. The molecule has 102 valence electrons. The first kappa shape index (κ1) is 13.9. The van der Waals surface area contributed by atoms with Gasteiger partial charge in [-0.05, 0) is 25.1 Å². The minimum Gasteiger partial charge on any atom is -0.405 e. The number of rotatable bonds is 2. The lowest BCUT2D eigenvalue weighted by Crippen LogP contribution is -2.17. The number of halogens is 3. The minimum atomic E-state index is -4.77. The van der Waals surface area contributed by atoms with E-state index >= 15 is 0 Å². The fourth-order valence-electron chi connectivity index (χ4n) is 1.88. The second-order valence-electron chi connectivity index (χ2n) is 4.20. The second-order valence-corrected chi connectivity index (χ2v) is 4.20. The van der Waals surface area contributed by atoms with Gasteiger partial charge in [0.2, 0.25) is 0 Å². The molecule has 0 amide bonds. The maximum absolute atomic E-state index is 12.4. The number of ether oxygens (including phenoxy) is 1. The third-order valence-electron chi connectivity index (χ3n) is 2.70. The van der Waals surface area contributed by atoms with E-state index in [2.05, 4.69) is 4.74 Å². The summed E-state index contributed by atoms with van der Waals surface area (Å²) in [5.74, 6) is -0.317. The number of nitrogens with zero attached hydrogens (tertiary/aromatic N) is 1. The summed E-state index contributed by atoms with van der Waals surface area (Å²) in [6, 6.07) is 12.7. The molecule has 0 heterocycles. The van der Waals surface area contributed by atoms with E-state index in [1.165, 1.54) is 18.2 Å². The zero-order chi connectivity index (χ0) is 14.8. The Hall–Kier alpha value is -2.48. The van der Waals surface area contributed by atoms with Gasteiger partial charge in [-0.15, -0.1) is 13.2 Å². The smallest absolute Gasteiger partial charge is 0.405 e. The molecule has 20 heavy (non-hydrogen) atoms. The van der Waals surface area contributed by atoms with Gasteiger partial charge in [0, 0.05) is 11.1 Å². The molecule has 2 rings (SSSR count). The van der Waals surface area contributed by atoms with Crippen LogP contribution < -0.4 is 4.74 Å². The van der Waals surface area contributed by atoms with E-state index in [4.69, 9.17) is 5.26 Å². The van der Waals surface area contributed by atoms with Crippen LogP contribution in [-0.4, -0.2) is 6.36 Å². The molecule has 0 saturated heterocycles. The van der Waals surface area contributed by atoms with E-state index in [1.54, 1.807) is 31.2 Å². The van der Waals surface area contributed by atoms with Gasteiger partial charge in [0.05, 0.1) is 11.6 Å². The molecule has 0 spiro atoms. The molecular formula is C15H10F3NO. The van der Waals surface area contributed by atoms with Gasteiger partial charge < -0.3 is 4.74 Å². The minimum absolute atomic E-state index is 0.241. The van der Waals surface area contributed by atoms with Crippen molar-refractivity contribution in [2.45, 2.75) is 13.3 Å². The number of hydrogen-bond donors (Lipinski definition) is 0. The van der Waals surface area contributed by atoms with Crippen molar-refractivity contribution in [1.82, 2.24) is 0 Å². The quantitative estimate of drug-likeness (QED) is 0.813. The van der Waals surface area contributed by atoms with E-state index < -0.39 is 6.36 Å². The van der Waals surface area contributed by atoms with Crippen molar-refractivity contribution in [3.05, 3.63) is 53.6 Å². The summed E-state index contributed by atoms with van der Waals surface area (Å²) in [4.78, 5) is 0. The van der Waals surface area contributed by atoms with E-state index in [1.807, 2.05) is 6.07 Å². The van der Waals surface area contributed by atoms with E-state index in [0.717, 1.165) is 5.56 Å². The summed E-state index contributed by atoms with van der Waals surface area (Å²) in [7, 11) is 0. The van der Waals surface area contributed by atoms with E-state index in [-0.39, 0.29) is 11.3 Å². The molecule has 2 aromatic rings. The van der Waals surface area contributed by atoms with Crippen molar-refractivity contribution in [2.75, 3.05) is 0 Å². The average molecular weight is 277 g/mol. The van der Waals surface area contributed by atoms with Crippen LogP contribution in [0.4, 0.5) is 13.2 Å². The van der Waals surface area contributed by atoms with Gasteiger partial charge in [-0.2, -0.15) is 5.26 Å². The molecule has 0 aliphatic carbocycles. The van der Waals surface area contributed by atoms with Gasteiger partial charge in [-0.1, -0.05) is 29.8 Å². The van der Waals surface area contributed by atoms with Crippen molar-refractivity contribution in [2.24, 2.45) is 0 Å². The Bertz CT molecular complexity index is 672. The highest BCUT2D eigenvalue weighted by atomic mass is 19.4. The molecule has 0 bridgehead atoms. The molecule has 0 radical (unpaired) electrons. The van der Waals surface area contributed by atoms with Crippen LogP contribution in [0.3, 0.4) is 0 Å². The Morgan fingerprint density at radius 1 is 1.05 bits per heavy atom. The van der Waals surface area contributed by atoms with Gasteiger partial charge in [0.25, 0.3) is 0 Å². The average Bonchev–Trinajstić information content (AvgIpc) is 2.37. The number of hydrogen-bond acceptors (Lipinski definition) is 2. The van der Waals surface area contributed by atoms with Crippen molar-refractivity contribution >= 4 is 0 Å². The van der Waals surface area contributed by atoms with Crippen molar-refractivity contribution in [3.63, 3.8) is 0 Å². The Labute approximate surface area is 114 Å². The predicted molar refractivity (Wildman–Crippen MR) is 68.0 cm³/mol. The molecule has 0 aliphatic rings. The SMILES string of the molecule is Cc1ccc(C#N)c(-c2ccccc2OC(F)(F)F)c1. The first-order valence-electron chi connectivity index (χ1n) is 5.76. The van der Waals surface area contributed by atoms with Crippen molar-refractivity contribution < 1.29 is 17.9 Å². The molecule has 0 saturated carbocycles. The Morgan fingerprint density at radius 2 is 1.75 bits per heavy atom. The van der Waals surface area contributed by atoms with Gasteiger partial charge in [0.1, 0.15) is 5.75 Å². The Morgan fingerprint density at radius 3 is 2.40 bits per heavy atom. The maximum atomic E-state index is 12.4. The molecule has 0 aliphatic heterocycles. The van der Waals surface area contributed by atoms with Gasteiger partial charge in [-0.3, -0.25) is 0 Å². The molecule has 2 nitrogen and oxygen atoms in total. The highest BCUT2D eigenvalue weighted by molar-refractivity contribution is 5.76. The molecule has 0 unspecified atom stereocenters. The number of aryl methyl sites for hydroxylation is 1. The van der Waals surface area contributed by atoms with Crippen molar-refractivity contribution in [3.8, 4) is 22.9 Å². The van der Waals surface area contributed by atoms with E-state index in [0.29, 0.717) is 11.1 Å². The number of benzene rings is 2. The summed E-state index contributed by atoms with van der Waals surface area (Å²) in [6.45, 7) is 1.80. The first-order valence-corrected chi connectivity index (χ1v) is 5.76. The van der Waals surface area contributed by atoms with Crippen LogP contribution in [0.25, 0.3) is 11.1 Å². The Balaban J connectivity index is 2.59. The van der Waals surface area contributed by atoms with E-state index in [9.17, 15) is 13.2 Å². The monoisotopic (exact) mass is 277 g/mol. The number of para-hydroxylation sites is 1. The molecule has 0 N–H and O–H groups in total. The summed E-state index contributed by atoms with van der Waals surface area (Å²) in [5.41, 5.74) is 1.81. The molecule has 5 heteroatoms. The predicted octanol–water partition coefficient (Wildman–Crippen LogP) is 4.43. The van der Waals surface area contributed by atoms with Crippen LogP contribution in [0.5, 0.6) is 5.75 Å². The molecule has 0 atom stereocenters. The summed E-state index contributed by atoms with van der Waals surface area (Å²) in [5, 5.41) is 9.08. The van der Waals surface area contributed by atoms with Gasteiger partial charge in [0.15, 0.2) is 0 Å². The highest BCUT2D eigenvalue weighted by Gasteiger charge is 2.32. The fraction of sp³-hybridized carbons (Fsp3) is 0.133. The normalized spacial score (nSPS) is 10.9. The highest BCUT2D eigenvalue weighted by Crippen LogP contribution is 2.35. The van der Waals surface area contributed by atoms with Crippen molar-refractivity contribution in [1.29, 1.82) is 5.26 Å². The standard InChI is InChI=1S/C15H10F3NO/c1-10-6-7-11(9-19)13(8-10)12-4-2-3-5-14(12)20-15(16,17)18/h2-8H,1H3. The summed E-state index contributed by atoms with van der Waals surface area (Å²) < 4.78 is 41.3. The van der Waals surface area contributed by atoms with Crippen LogP contribution in [0, 0.1) is 18.3 Å². The third-order valence-corrected chi connectivity index (χ3v) is 2.70. The lowest BCUT2D eigenvalue weighted by Gasteiger charge is -2.14. The molecule has 0 aromatic heterocycles. The van der Waals surface area contributed by atoms with Gasteiger partial charge >= 0.3 is 6.36 Å². The topological polar surface area (TPSA) is 33.0 Å². The molecular weight excluding hydrogens is 267 g/mol. The number of nitriles is 1. The maximum Gasteiger partial charge on any atom is 0.573 e. The second kappa shape index (κ2) is 5.25. The number of alkyl halides is 3. The summed E-state index contributed by atoms with van der Waals surface area (Å²) >= 11 is 0. The zero-order valence-electron chi connectivity index (χ0n) is 10.5. The largest absolute Gasteiger partial charge is 0.573 e. The molecule has 2 aromatic carbocycles. The lowest BCUT2D eigenvalue weighted by atomic mass is 9.97. The van der Waals surface area contributed by atoms with Crippen LogP contribution in [0.15, 0.2) is 42.5 Å².